The zero-order valence-corrected chi connectivity index (χ0v) is 10.2. The Morgan fingerprint density at radius 2 is 1.78 bits per heavy atom. The normalized spacial score (nSPS) is 14.2. The third-order valence-electron chi connectivity index (χ3n) is 3.07. The van der Waals surface area contributed by atoms with Crippen LogP contribution in [-0.2, 0) is 5.60 Å². The van der Waals surface area contributed by atoms with Gasteiger partial charge in [-0.25, -0.2) is 4.39 Å². The molecule has 3 N–H and O–H groups in total. The number of halogens is 1. The largest absolute Gasteiger partial charge is 0.379 e. The van der Waals surface area contributed by atoms with Crippen LogP contribution in [0.1, 0.15) is 16.7 Å². The Bertz CT molecular complexity index is 521. The summed E-state index contributed by atoms with van der Waals surface area (Å²) in [6.07, 6.45) is 0. The highest BCUT2D eigenvalue weighted by Gasteiger charge is 2.30. The summed E-state index contributed by atoms with van der Waals surface area (Å²) < 4.78 is 13.5. The summed E-state index contributed by atoms with van der Waals surface area (Å²) in [5.74, 6) is -0.368. The molecule has 2 aromatic carbocycles. The van der Waals surface area contributed by atoms with Crippen molar-refractivity contribution in [3.63, 3.8) is 0 Å². The van der Waals surface area contributed by atoms with Crippen molar-refractivity contribution in [2.24, 2.45) is 5.73 Å². The minimum atomic E-state index is -1.35. The van der Waals surface area contributed by atoms with Gasteiger partial charge in [0, 0.05) is 6.54 Å². The van der Waals surface area contributed by atoms with Crippen LogP contribution >= 0.6 is 0 Å². The molecular weight excluding hydrogens is 229 g/mol. The number of aliphatic hydroxyl groups is 1. The predicted octanol–water partition coefficient (Wildman–Crippen LogP) is 2.33. The van der Waals surface area contributed by atoms with Crippen LogP contribution in [0.4, 0.5) is 4.39 Å². The van der Waals surface area contributed by atoms with E-state index in [1.54, 1.807) is 25.1 Å². The Balaban J connectivity index is 2.56. The van der Waals surface area contributed by atoms with Crippen LogP contribution in [0.15, 0.2) is 48.5 Å². The Morgan fingerprint density at radius 3 is 2.33 bits per heavy atom. The Morgan fingerprint density at radius 1 is 1.11 bits per heavy atom. The fourth-order valence-electron chi connectivity index (χ4n) is 2.09. The fraction of sp³-hybridized carbons (Fsp3) is 0.200. The molecule has 0 heterocycles. The van der Waals surface area contributed by atoms with Crippen LogP contribution in [0, 0.1) is 12.7 Å². The Hall–Kier alpha value is -1.71. The molecular formula is C15H16FNO. The second-order valence-electron chi connectivity index (χ2n) is 4.45. The average Bonchev–Trinajstić information content (AvgIpc) is 2.37. The van der Waals surface area contributed by atoms with Crippen LogP contribution < -0.4 is 5.73 Å². The van der Waals surface area contributed by atoms with Gasteiger partial charge in [0.1, 0.15) is 11.4 Å². The standard InChI is InChI=1S/C15H16FNO/c1-11-7-13(9-14(16)8-11)15(18,10-17)12-5-3-2-4-6-12/h2-9,18H,10,17H2,1H3. The van der Waals surface area contributed by atoms with E-state index in [0.717, 1.165) is 5.56 Å². The lowest BCUT2D eigenvalue weighted by Gasteiger charge is -2.28. The van der Waals surface area contributed by atoms with Gasteiger partial charge >= 0.3 is 0 Å². The molecule has 0 aromatic heterocycles. The fourth-order valence-corrected chi connectivity index (χ4v) is 2.09. The molecule has 0 fully saturated rings. The molecule has 2 rings (SSSR count). The molecule has 0 bridgehead atoms. The van der Waals surface area contributed by atoms with Crippen molar-refractivity contribution in [3.8, 4) is 0 Å². The maximum atomic E-state index is 13.5. The minimum Gasteiger partial charge on any atom is -0.379 e. The molecule has 2 nitrogen and oxygen atoms in total. The summed E-state index contributed by atoms with van der Waals surface area (Å²) in [5, 5.41) is 10.7. The van der Waals surface area contributed by atoms with Crippen LogP contribution in [0.2, 0.25) is 0 Å². The summed E-state index contributed by atoms with van der Waals surface area (Å²) >= 11 is 0. The number of hydrogen-bond acceptors (Lipinski definition) is 2. The van der Waals surface area contributed by atoms with Gasteiger partial charge in [0.05, 0.1) is 0 Å². The quantitative estimate of drug-likeness (QED) is 0.871. The Kier molecular flexibility index (Phi) is 3.45. The first-order valence-electron chi connectivity index (χ1n) is 5.82. The molecule has 3 heteroatoms. The minimum absolute atomic E-state index is 0.0000926. The van der Waals surface area contributed by atoms with E-state index in [0.29, 0.717) is 11.1 Å². The molecule has 0 amide bonds. The van der Waals surface area contributed by atoms with Gasteiger partial charge in [-0.05, 0) is 35.7 Å². The van der Waals surface area contributed by atoms with Crippen molar-refractivity contribution >= 4 is 0 Å². The van der Waals surface area contributed by atoms with Crippen molar-refractivity contribution in [1.82, 2.24) is 0 Å². The summed E-state index contributed by atoms with van der Waals surface area (Å²) in [7, 11) is 0. The highest BCUT2D eigenvalue weighted by molar-refractivity contribution is 5.38. The number of hydrogen-bond donors (Lipinski definition) is 2. The van der Waals surface area contributed by atoms with E-state index in [-0.39, 0.29) is 12.4 Å². The van der Waals surface area contributed by atoms with E-state index >= 15 is 0 Å². The molecule has 0 aliphatic rings. The van der Waals surface area contributed by atoms with Gasteiger partial charge in [0.15, 0.2) is 0 Å². The molecule has 18 heavy (non-hydrogen) atoms. The van der Waals surface area contributed by atoms with Crippen LogP contribution in [0.5, 0.6) is 0 Å². The lowest BCUT2D eigenvalue weighted by Crippen LogP contribution is -2.36. The summed E-state index contributed by atoms with van der Waals surface area (Å²) in [6.45, 7) is 1.79. The molecule has 94 valence electrons. The molecule has 0 spiro atoms. The van der Waals surface area contributed by atoms with Crippen LogP contribution in [0.25, 0.3) is 0 Å². The third kappa shape index (κ3) is 2.28. The van der Waals surface area contributed by atoms with Gasteiger partial charge in [0.25, 0.3) is 0 Å². The van der Waals surface area contributed by atoms with E-state index in [1.807, 2.05) is 18.2 Å². The van der Waals surface area contributed by atoms with Gasteiger partial charge in [-0.1, -0.05) is 36.4 Å². The molecule has 0 saturated carbocycles. The van der Waals surface area contributed by atoms with E-state index in [1.165, 1.54) is 12.1 Å². The SMILES string of the molecule is Cc1cc(F)cc(C(O)(CN)c2ccccc2)c1. The van der Waals surface area contributed by atoms with E-state index in [2.05, 4.69) is 0 Å². The van der Waals surface area contributed by atoms with Gasteiger partial charge < -0.3 is 10.8 Å². The summed E-state index contributed by atoms with van der Waals surface area (Å²) in [6, 6.07) is 13.6. The van der Waals surface area contributed by atoms with Crippen molar-refractivity contribution in [2.75, 3.05) is 6.54 Å². The first-order chi connectivity index (χ1) is 8.56. The van der Waals surface area contributed by atoms with Crippen molar-refractivity contribution in [3.05, 3.63) is 71.0 Å². The maximum absolute atomic E-state index is 13.5. The van der Waals surface area contributed by atoms with E-state index in [9.17, 15) is 9.50 Å². The first-order valence-corrected chi connectivity index (χ1v) is 5.82. The van der Waals surface area contributed by atoms with Gasteiger partial charge in [-0.15, -0.1) is 0 Å². The average molecular weight is 245 g/mol. The lowest BCUT2D eigenvalue weighted by molar-refractivity contribution is 0.0898. The Labute approximate surface area is 106 Å². The number of rotatable bonds is 3. The van der Waals surface area contributed by atoms with Crippen molar-refractivity contribution in [2.45, 2.75) is 12.5 Å². The topological polar surface area (TPSA) is 46.2 Å². The second kappa shape index (κ2) is 4.88. The van der Waals surface area contributed by atoms with Crippen molar-refractivity contribution in [1.29, 1.82) is 0 Å². The number of aryl methyl sites for hydroxylation is 1. The maximum Gasteiger partial charge on any atom is 0.127 e. The highest BCUT2D eigenvalue weighted by Crippen LogP contribution is 2.29. The first kappa shape index (κ1) is 12.7. The molecule has 0 saturated heterocycles. The monoisotopic (exact) mass is 245 g/mol. The molecule has 1 atom stereocenters. The number of nitrogens with two attached hydrogens (primary N) is 1. The highest BCUT2D eigenvalue weighted by atomic mass is 19.1. The molecule has 0 radical (unpaired) electrons. The number of benzene rings is 2. The van der Waals surface area contributed by atoms with E-state index < -0.39 is 5.60 Å². The molecule has 0 aliphatic heterocycles. The van der Waals surface area contributed by atoms with Gasteiger partial charge in [0.2, 0.25) is 0 Å². The van der Waals surface area contributed by atoms with Gasteiger partial charge in [-0.3, -0.25) is 0 Å². The second-order valence-corrected chi connectivity index (χ2v) is 4.45. The van der Waals surface area contributed by atoms with Crippen molar-refractivity contribution < 1.29 is 9.50 Å². The lowest BCUT2D eigenvalue weighted by atomic mass is 9.86. The molecule has 1 unspecified atom stereocenters. The predicted molar refractivity (Wildman–Crippen MR) is 69.6 cm³/mol. The third-order valence-corrected chi connectivity index (χ3v) is 3.07. The van der Waals surface area contributed by atoms with Crippen LogP contribution in [-0.4, -0.2) is 11.7 Å². The summed E-state index contributed by atoms with van der Waals surface area (Å²) in [4.78, 5) is 0. The smallest absolute Gasteiger partial charge is 0.127 e. The molecule has 2 aromatic rings. The zero-order chi connectivity index (χ0) is 13.2. The summed E-state index contributed by atoms with van der Waals surface area (Å²) in [5.41, 5.74) is 6.25. The van der Waals surface area contributed by atoms with Crippen LogP contribution in [0.3, 0.4) is 0 Å². The molecule has 0 aliphatic carbocycles. The zero-order valence-electron chi connectivity index (χ0n) is 10.2. The van der Waals surface area contributed by atoms with Gasteiger partial charge in [-0.2, -0.15) is 0 Å². The van der Waals surface area contributed by atoms with E-state index in [4.69, 9.17) is 5.73 Å².